The summed E-state index contributed by atoms with van der Waals surface area (Å²) < 4.78 is 2.10. The highest BCUT2D eigenvalue weighted by atomic mass is 32.1. The lowest BCUT2D eigenvalue weighted by atomic mass is 10.2. The van der Waals surface area contributed by atoms with E-state index in [1.807, 2.05) is 6.20 Å². The summed E-state index contributed by atoms with van der Waals surface area (Å²) in [5, 5.41) is 3.17. The topological polar surface area (TPSA) is 49.6 Å². The molecule has 5 rings (SSSR count). The molecule has 1 fully saturated rings. The number of hydrogen-bond acceptors (Lipinski definition) is 6. The van der Waals surface area contributed by atoms with E-state index in [0.717, 1.165) is 54.3 Å². The van der Waals surface area contributed by atoms with Crippen LogP contribution in [0.15, 0.2) is 48.5 Å². The lowest BCUT2D eigenvalue weighted by Crippen LogP contribution is -2.46. The monoisotopic (exact) mass is 350 g/mol. The molecule has 0 atom stereocenters. The summed E-state index contributed by atoms with van der Waals surface area (Å²) in [5.74, 6) is 0. The van der Waals surface area contributed by atoms with Crippen molar-refractivity contribution in [2.24, 2.45) is 0 Å². The Labute approximate surface area is 149 Å². The summed E-state index contributed by atoms with van der Waals surface area (Å²) in [5.41, 5.74) is 3.41. The SMILES string of the molecule is c1ncc2cc(N3CCN(Cc4cn5ccsc5n4)CC3)ccc2n1. The molecule has 7 heteroatoms. The van der Waals surface area contributed by atoms with Gasteiger partial charge < -0.3 is 4.90 Å². The van der Waals surface area contributed by atoms with Crippen molar-refractivity contribution in [2.75, 3.05) is 31.1 Å². The van der Waals surface area contributed by atoms with Gasteiger partial charge in [-0.1, -0.05) is 0 Å². The van der Waals surface area contributed by atoms with Gasteiger partial charge in [0.05, 0.1) is 11.2 Å². The zero-order chi connectivity index (χ0) is 16.6. The van der Waals surface area contributed by atoms with Crippen molar-refractivity contribution in [3.63, 3.8) is 0 Å². The third-order valence-corrected chi connectivity index (χ3v) is 5.53. The highest BCUT2D eigenvalue weighted by Gasteiger charge is 2.18. The number of anilines is 1. The Bertz CT molecular complexity index is 986. The first-order valence-electron chi connectivity index (χ1n) is 8.43. The van der Waals surface area contributed by atoms with Crippen LogP contribution in [0, 0.1) is 0 Å². The molecule has 1 saturated heterocycles. The molecule has 0 radical (unpaired) electrons. The minimum atomic E-state index is 0.924. The number of hydrogen-bond donors (Lipinski definition) is 0. The second kappa shape index (κ2) is 6.09. The van der Waals surface area contributed by atoms with Gasteiger partial charge in [-0.15, -0.1) is 11.3 Å². The van der Waals surface area contributed by atoms with Crippen molar-refractivity contribution >= 4 is 32.9 Å². The van der Waals surface area contributed by atoms with Gasteiger partial charge in [-0.3, -0.25) is 9.30 Å². The highest BCUT2D eigenvalue weighted by Crippen LogP contribution is 2.22. The van der Waals surface area contributed by atoms with E-state index in [2.05, 4.69) is 60.1 Å². The fourth-order valence-corrected chi connectivity index (χ4v) is 4.13. The summed E-state index contributed by atoms with van der Waals surface area (Å²) in [7, 11) is 0. The predicted octanol–water partition coefficient (Wildman–Crippen LogP) is 2.66. The Hall–Kier alpha value is -2.51. The summed E-state index contributed by atoms with van der Waals surface area (Å²) in [4.78, 5) is 19.1. The van der Waals surface area contributed by atoms with Crippen LogP contribution in [0.4, 0.5) is 5.69 Å². The van der Waals surface area contributed by atoms with Crippen LogP contribution >= 0.6 is 11.3 Å². The molecule has 0 aliphatic carbocycles. The lowest BCUT2D eigenvalue weighted by Gasteiger charge is -2.35. The quantitative estimate of drug-likeness (QED) is 0.569. The fraction of sp³-hybridized carbons (Fsp3) is 0.278. The highest BCUT2D eigenvalue weighted by molar-refractivity contribution is 7.15. The van der Waals surface area contributed by atoms with E-state index in [1.165, 1.54) is 5.69 Å². The summed E-state index contributed by atoms with van der Waals surface area (Å²) in [6.45, 7) is 5.08. The number of aromatic nitrogens is 4. The molecule has 1 aromatic carbocycles. The third kappa shape index (κ3) is 2.85. The Kier molecular flexibility index (Phi) is 3.61. The van der Waals surface area contributed by atoms with Gasteiger partial charge in [-0.05, 0) is 18.2 Å². The van der Waals surface area contributed by atoms with Gasteiger partial charge in [0.15, 0.2) is 4.96 Å². The largest absolute Gasteiger partial charge is 0.369 e. The second-order valence-electron chi connectivity index (χ2n) is 6.35. The van der Waals surface area contributed by atoms with Crippen molar-refractivity contribution in [1.29, 1.82) is 0 Å². The number of thiazole rings is 1. The maximum Gasteiger partial charge on any atom is 0.193 e. The molecular formula is C18H18N6S. The number of rotatable bonds is 3. The zero-order valence-corrected chi connectivity index (χ0v) is 14.6. The smallest absolute Gasteiger partial charge is 0.193 e. The number of imidazole rings is 1. The van der Waals surface area contributed by atoms with Crippen LogP contribution in [0.2, 0.25) is 0 Å². The first-order valence-corrected chi connectivity index (χ1v) is 9.31. The Balaban J connectivity index is 1.26. The van der Waals surface area contributed by atoms with Gasteiger partial charge in [-0.25, -0.2) is 15.0 Å². The number of fused-ring (bicyclic) bond motifs is 2. The predicted molar refractivity (Wildman–Crippen MR) is 100 cm³/mol. The van der Waals surface area contributed by atoms with Crippen molar-refractivity contribution < 1.29 is 0 Å². The second-order valence-corrected chi connectivity index (χ2v) is 7.23. The van der Waals surface area contributed by atoms with Crippen LogP contribution < -0.4 is 4.90 Å². The van der Waals surface area contributed by atoms with Crippen molar-refractivity contribution in [3.05, 3.63) is 54.2 Å². The minimum absolute atomic E-state index is 0.924. The van der Waals surface area contributed by atoms with E-state index in [0.29, 0.717) is 0 Å². The molecule has 0 N–H and O–H groups in total. The van der Waals surface area contributed by atoms with E-state index in [1.54, 1.807) is 17.7 Å². The van der Waals surface area contributed by atoms with E-state index in [4.69, 9.17) is 4.98 Å². The summed E-state index contributed by atoms with van der Waals surface area (Å²) in [6, 6.07) is 6.43. The van der Waals surface area contributed by atoms with Gasteiger partial charge >= 0.3 is 0 Å². The minimum Gasteiger partial charge on any atom is -0.369 e. The van der Waals surface area contributed by atoms with Crippen LogP contribution in [0.25, 0.3) is 15.9 Å². The van der Waals surface area contributed by atoms with E-state index in [-0.39, 0.29) is 0 Å². The average molecular weight is 350 g/mol. The molecule has 0 spiro atoms. The Morgan fingerprint density at radius 3 is 2.92 bits per heavy atom. The van der Waals surface area contributed by atoms with E-state index in [9.17, 15) is 0 Å². The van der Waals surface area contributed by atoms with Crippen LogP contribution in [-0.2, 0) is 6.54 Å². The molecule has 25 heavy (non-hydrogen) atoms. The van der Waals surface area contributed by atoms with Crippen LogP contribution in [0.5, 0.6) is 0 Å². The van der Waals surface area contributed by atoms with E-state index >= 15 is 0 Å². The van der Waals surface area contributed by atoms with Crippen molar-refractivity contribution in [1.82, 2.24) is 24.3 Å². The van der Waals surface area contributed by atoms with Crippen LogP contribution in [-0.4, -0.2) is 50.4 Å². The molecule has 4 aromatic rings. The van der Waals surface area contributed by atoms with Crippen LogP contribution in [0.1, 0.15) is 5.69 Å². The molecule has 3 aromatic heterocycles. The van der Waals surface area contributed by atoms with Gasteiger partial charge in [0.25, 0.3) is 0 Å². The number of benzene rings is 1. The molecule has 0 bridgehead atoms. The Morgan fingerprint density at radius 1 is 1.12 bits per heavy atom. The standard InChI is InChI=1S/C18H18N6S/c1-2-17-14(10-19-13-20-17)9-16(1)23-5-3-22(4-6-23)11-15-12-24-7-8-25-18(24)21-15/h1-2,7-10,12-13H,3-6,11H2. The number of piperazine rings is 1. The third-order valence-electron chi connectivity index (χ3n) is 4.75. The van der Waals surface area contributed by atoms with Crippen molar-refractivity contribution in [3.8, 4) is 0 Å². The van der Waals surface area contributed by atoms with Gasteiger partial charge in [0.1, 0.15) is 6.33 Å². The summed E-state index contributed by atoms with van der Waals surface area (Å²) >= 11 is 1.68. The van der Waals surface area contributed by atoms with Gasteiger partial charge in [0.2, 0.25) is 0 Å². The molecule has 1 aliphatic rings. The first-order chi connectivity index (χ1) is 12.3. The molecule has 1 aliphatic heterocycles. The average Bonchev–Trinajstić information content (AvgIpc) is 3.23. The number of nitrogens with zero attached hydrogens (tertiary/aromatic N) is 6. The molecule has 4 heterocycles. The van der Waals surface area contributed by atoms with Crippen LogP contribution in [0.3, 0.4) is 0 Å². The molecule has 126 valence electrons. The molecule has 0 unspecified atom stereocenters. The summed E-state index contributed by atoms with van der Waals surface area (Å²) in [6.07, 6.45) is 7.69. The van der Waals surface area contributed by atoms with Crippen molar-refractivity contribution in [2.45, 2.75) is 6.54 Å². The molecule has 6 nitrogen and oxygen atoms in total. The first kappa shape index (κ1) is 14.8. The Morgan fingerprint density at radius 2 is 2.04 bits per heavy atom. The molecule has 0 saturated carbocycles. The van der Waals surface area contributed by atoms with E-state index < -0.39 is 0 Å². The maximum absolute atomic E-state index is 4.69. The fourth-order valence-electron chi connectivity index (χ4n) is 3.41. The zero-order valence-electron chi connectivity index (χ0n) is 13.7. The normalized spacial score (nSPS) is 16.1. The van der Waals surface area contributed by atoms with Gasteiger partial charge in [0, 0.05) is 67.8 Å². The maximum atomic E-state index is 4.69. The lowest BCUT2D eigenvalue weighted by molar-refractivity contribution is 0.247. The molecular weight excluding hydrogens is 332 g/mol. The van der Waals surface area contributed by atoms with Gasteiger partial charge in [-0.2, -0.15) is 0 Å². The molecule has 0 amide bonds.